The van der Waals surface area contributed by atoms with E-state index in [2.05, 4.69) is 31.2 Å². The SMILES string of the molecule is CC/C=C/C=C/CCN(C)C(C)O. The van der Waals surface area contributed by atoms with Crippen molar-refractivity contribution in [2.75, 3.05) is 13.6 Å². The number of aliphatic hydroxyl groups excluding tert-OH is 1. The van der Waals surface area contributed by atoms with Crippen molar-refractivity contribution in [3.05, 3.63) is 24.3 Å². The summed E-state index contributed by atoms with van der Waals surface area (Å²) in [6.45, 7) is 4.79. The molecule has 0 radical (unpaired) electrons. The molecule has 0 aromatic carbocycles. The van der Waals surface area contributed by atoms with Crippen LogP contribution in [-0.4, -0.2) is 29.8 Å². The molecule has 13 heavy (non-hydrogen) atoms. The van der Waals surface area contributed by atoms with Gasteiger partial charge in [0, 0.05) is 6.54 Å². The first-order valence-electron chi connectivity index (χ1n) is 4.88. The predicted octanol–water partition coefficient (Wildman–Crippen LogP) is 2.17. The van der Waals surface area contributed by atoms with E-state index in [9.17, 15) is 0 Å². The molecule has 0 spiro atoms. The maximum atomic E-state index is 9.15. The van der Waals surface area contributed by atoms with Crippen LogP contribution in [0.25, 0.3) is 0 Å². The quantitative estimate of drug-likeness (QED) is 0.504. The molecule has 2 nitrogen and oxygen atoms in total. The minimum atomic E-state index is -0.348. The molecule has 0 aliphatic heterocycles. The van der Waals surface area contributed by atoms with Crippen molar-refractivity contribution in [1.82, 2.24) is 4.90 Å². The Morgan fingerprint density at radius 1 is 1.31 bits per heavy atom. The minimum Gasteiger partial charge on any atom is -0.379 e. The molecule has 1 N–H and O–H groups in total. The second kappa shape index (κ2) is 8.02. The number of rotatable bonds is 6. The van der Waals surface area contributed by atoms with Crippen molar-refractivity contribution in [1.29, 1.82) is 0 Å². The molecule has 76 valence electrons. The highest BCUT2D eigenvalue weighted by atomic mass is 16.3. The van der Waals surface area contributed by atoms with Gasteiger partial charge in [0.1, 0.15) is 6.23 Å². The van der Waals surface area contributed by atoms with E-state index in [0.717, 1.165) is 19.4 Å². The lowest BCUT2D eigenvalue weighted by Crippen LogP contribution is -2.29. The highest BCUT2D eigenvalue weighted by molar-refractivity contribution is 5.01. The molecule has 0 heterocycles. The second-order valence-corrected chi connectivity index (χ2v) is 3.17. The van der Waals surface area contributed by atoms with Crippen LogP contribution in [0.15, 0.2) is 24.3 Å². The lowest BCUT2D eigenvalue weighted by atomic mass is 10.3. The Balaban J connectivity index is 3.44. The highest BCUT2D eigenvalue weighted by Crippen LogP contribution is 1.94. The zero-order chi connectivity index (χ0) is 10.1. The Morgan fingerprint density at radius 3 is 2.46 bits per heavy atom. The van der Waals surface area contributed by atoms with Gasteiger partial charge in [-0.2, -0.15) is 0 Å². The third kappa shape index (κ3) is 7.75. The molecule has 0 saturated heterocycles. The number of nitrogens with zero attached hydrogens (tertiary/aromatic N) is 1. The number of hydrogen-bond donors (Lipinski definition) is 1. The van der Waals surface area contributed by atoms with Gasteiger partial charge >= 0.3 is 0 Å². The summed E-state index contributed by atoms with van der Waals surface area (Å²) in [4.78, 5) is 1.91. The molecule has 1 unspecified atom stereocenters. The molecule has 0 rings (SSSR count). The highest BCUT2D eigenvalue weighted by Gasteiger charge is 2.00. The van der Waals surface area contributed by atoms with E-state index in [4.69, 9.17) is 5.11 Å². The van der Waals surface area contributed by atoms with Crippen LogP contribution in [0.3, 0.4) is 0 Å². The number of hydrogen-bond acceptors (Lipinski definition) is 2. The summed E-state index contributed by atoms with van der Waals surface area (Å²) in [5.41, 5.74) is 0. The predicted molar refractivity (Wildman–Crippen MR) is 57.5 cm³/mol. The Hall–Kier alpha value is -0.600. The van der Waals surface area contributed by atoms with Crippen molar-refractivity contribution in [2.45, 2.75) is 32.9 Å². The van der Waals surface area contributed by atoms with E-state index in [1.165, 1.54) is 0 Å². The molecule has 0 amide bonds. The largest absolute Gasteiger partial charge is 0.379 e. The van der Waals surface area contributed by atoms with Crippen LogP contribution in [0.1, 0.15) is 26.7 Å². The van der Waals surface area contributed by atoms with Gasteiger partial charge in [-0.25, -0.2) is 0 Å². The van der Waals surface area contributed by atoms with E-state index in [0.29, 0.717) is 0 Å². The summed E-state index contributed by atoms with van der Waals surface area (Å²) < 4.78 is 0. The van der Waals surface area contributed by atoms with Crippen molar-refractivity contribution in [3.8, 4) is 0 Å². The smallest absolute Gasteiger partial charge is 0.104 e. The average molecular weight is 183 g/mol. The maximum absolute atomic E-state index is 9.15. The van der Waals surface area contributed by atoms with Gasteiger partial charge in [-0.1, -0.05) is 31.2 Å². The first kappa shape index (κ1) is 12.4. The Bertz CT molecular complexity index is 161. The Kier molecular flexibility index (Phi) is 7.65. The zero-order valence-corrected chi connectivity index (χ0v) is 8.90. The maximum Gasteiger partial charge on any atom is 0.104 e. The topological polar surface area (TPSA) is 23.5 Å². The van der Waals surface area contributed by atoms with Gasteiger partial charge in [-0.15, -0.1) is 0 Å². The summed E-state index contributed by atoms with van der Waals surface area (Å²) in [6.07, 6.45) is 10.1. The Labute approximate surface area is 81.6 Å². The normalized spacial score (nSPS) is 14.8. The minimum absolute atomic E-state index is 0.348. The molecule has 0 aromatic rings. The first-order chi connectivity index (χ1) is 6.18. The van der Waals surface area contributed by atoms with Crippen LogP contribution in [0, 0.1) is 0 Å². The van der Waals surface area contributed by atoms with E-state index >= 15 is 0 Å². The molecule has 0 saturated carbocycles. The standard InChI is InChI=1S/C11H21NO/c1-4-5-6-7-8-9-10-12(3)11(2)13/h5-8,11,13H,4,9-10H2,1-3H3/b6-5+,8-7+. The fraction of sp³-hybridized carbons (Fsp3) is 0.636. The van der Waals surface area contributed by atoms with Crippen LogP contribution in [-0.2, 0) is 0 Å². The fourth-order valence-electron chi connectivity index (χ4n) is 0.854. The van der Waals surface area contributed by atoms with E-state index < -0.39 is 0 Å². The van der Waals surface area contributed by atoms with Gasteiger partial charge in [0.2, 0.25) is 0 Å². The van der Waals surface area contributed by atoms with Crippen molar-refractivity contribution in [2.24, 2.45) is 0 Å². The molecule has 0 aliphatic carbocycles. The summed E-state index contributed by atoms with van der Waals surface area (Å²) in [6, 6.07) is 0. The monoisotopic (exact) mass is 183 g/mol. The van der Waals surface area contributed by atoms with Crippen molar-refractivity contribution in [3.63, 3.8) is 0 Å². The summed E-state index contributed by atoms with van der Waals surface area (Å²) in [5.74, 6) is 0. The second-order valence-electron chi connectivity index (χ2n) is 3.17. The third-order valence-corrected chi connectivity index (χ3v) is 1.91. The summed E-state index contributed by atoms with van der Waals surface area (Å²) in [7, 11) is 1.92. The molecule has 0 aromatic heterocycles. The fourth-order valence-corrected chi connectivity index (χ4v) is 0.854. The van der Waals surface area contributed by atoms with Crippen LogP contribution < -0.4 is 0 Å². The van der Waals surface area contributed by atoms with Crippen molar-refractivity contribution >= 4 is 0 Å². The molecular weight excluding hydrogens is 162 g/mol. The summed E-state index contributed by atoms with van der Waals surface area (Å²) in [5, 5.41) is 9.15. The Morgan fingerprint density at radius 2 is 1.92 bits per heavy atom. The summed E-state index contributed by atoms with van der Waals surface area (Å²) >= 11 is 0. The van der Waals surface area contributed by atoms with Gasteiger partial charge in [0.15, 0.2) is 0 Å². The van der Waals surface area contributed by atoms with Crippen LogP contribution >= 0.6 is 0 Å². The zero-order valence-electron chi connectivity index (χ0n) is 8.90. The van der Waals surface area contributed by atoms with Crippen LogP contribution in [0.2, 0.25) is 0 Å². The van der Waals surface area contributed by atoms with Gasteiger partial charge in [0.05, 0.1) is 0 Å². The van der Waals surface area contributed by atoms with Crippen molar-refractivity contribution < 1.29 is 5.11 Å². The average Bonchev–Trinajstić information content (AvgIpc) is 2.10. The van der Waals surface area contributed by atoms with Gasteiger partial charge in [0.25, 0.3) is 0 Å². The number of allylic oxidation sites excluding steroid dienone is 3. The molecular formula is C11H21NO. The van der Waals surface area contributed by atoms with E-state index in [1.54, 1.807) is 6.92 Å². The molecule has 0 bridgehead atoms. The molecule has 1 atom stereocenters. The molecule has 0 fully saturated rings. The molecule has 2 heteroatoms. The lowest BCUT2D eigenvalue weighted by Gasteiger charge is -2.18. The van der Waals surface area contributed by atoms with E-state index in [1.807, 2.05) is 11.9 Å². The number of aliphatic hydroxyl groups is 1. The van der Waals surface area contributed by atoms with Crippen LogP contribution in [0.5, 0.6) is 0 Å². The van der Waals surface area contributed by atoms with Gasteiger partial charge in [-0.3, -0.25) is 4.90 Å². The van der Waals surface area contributed by atoms with Crippen LogP contribution in [0.4, 0.5) is 0 Å². The molecule has 0 aliphatic rings. The third-order valence-electron chi connectivity index (χ3n) is 1.91. The van der Waals surface area contributed by atoms with Gasteiger partial charge in [-0.05, 0) is 26.8 Å². The van der Waals surface area contributed by atoms with Gasteiger partial charge < -0.3 is 5.11 Å². The first-order valence-corrected chi connectivity index (χ1v) is 4.88. The van der Waals surface area contributed by atoms with E-state index in [-0.39, 0.29) is 6.23 Å². The lowest BCUT2D eigenvalue weighted by molar-refractivity contribution is 0.0398.